The van der Waals surface area contributed by atoms with Crippen LogP contribution in [0.5, 0.6) is 5.75 Å². The van der Waals surface area contributed by atoms with E-state index in [4.69, 9.17) is 4.74 Å². The van der Waals surface area contributed by atoms with Crippen LogP contribution in [-0.4, -0.2) is 29.0 Å². The average Bonchev–Trinajstić information content (AvgIpc) is 2.48. The zero-order valence-corrected chi connectivity index (χ0v) is 11.5. The molecule has 1 amide bonds. The molecule has 104 valence electrons. The first kappa shape index (κ1) is 14.0. The van der Waals surface area contributed by atoms with Crippen molar-refractivity contribution in [2.24, 2.45) is 0 Å². The van der Waals surface area contributed by atoms with Crippen LogP contribution in [0.1, 0.15) is 23.0 Å². The highest BCUT2D eigenvalue weighted by molar-refractivity contribution is 5.92. The van der Waals surface area contributed by atoms with Crippen LogP contribution in [0.3, 0.4) is 0 Å². The minimum absolute atomic E-state index is 0.000277. The highest BCUT2D eigenvalue weighted by Gasteiger charge is 2.12. The van der Waals surface area contributed by atoms with Gasteiger partial charge in [0.2, 0.25) is 0 Å². The van der Waals surface area contributed by atoms with Crippen molar-refractivity contribution in [3.05, 3.63) is 54.1 Å². The Morgan fingerprint density at radius 3 is 2.95 bits per heavy atom. The van der Waals surface area contributed by atoms with Crippen LogP contribution in [0, 0.1) is 0 Å². The first-order valence-electron chi connectivity index (χ1n) is 6.39. The lowest BCUT2D eigenvalue weighted by Gasteiger charge is -2.13. The number of aromatic nitrogens is 2. The number of nitrogens with zero attached hydrogens (tertiary/aromatic N) is 2. The number of carbonyl (C=O) groups excluding carboxylic acids is 1. The molecule has 0 fully saturated rings. The molecule has 1 N–H and O–H groups in total. The van der Waals surface area contributed by atoms with E-state index in [1.807, 2.05) is 19.1 Å². The molecule has 0 saturated carbocycles. The summed E-state index contributed by atoms with van der Waals surface area (Å²) in [5.74, 6) is 0.408. The van der Waals surface area contributed by atoms with Gasteiger partial charge in [0.05, 0.1) is 7.11 Å². The maximum absolute atomic E-state index is 12.1. The lowest BCUT2D eigenvalue weighted by Crippen LogP contribution is -2.34. The summed E-state index contributed by atoms with van der Waals surface area (Å²) < 4.78 is 5.08. The summed E-state index contributed by atoms with van der Waals surface area (Å²) in [5.41, 5.74) is 1.43. The summed E-state index contributed by atoms with van der Waals surface area (Å²) in [4.78, 5) is 20.2. The molecule has 5 nitrogen and oxygen atoms in total. The minimum atomic E-state index is -0.208. The molecular weight excluding hydrogens is 254 g/mol. The van der Waals surface area contributed by atoms with Crippen molar-refractivity contribution in [3.63, 3.8) is 0 Å². The second kappa shape index (κ2) is 6.65. The molecule has 2 heterocycles. The van der Waals surface area contributed by atoms with Gasteiger partial charge in [-0.05, 0) is 31.0 Å². The molecule has 2 aromatic heterocycles. The molecule has 0 radical (unpaired) electrons. The van der Waals surface area contributed by atoms with E-state index >= 15 is 0 Å². The van der Waals surface area contributed by atoms with Crippen molar-refractivity contribution >= 4 is 5.91 Å². The number of amides is 1. The van der Waals surface area contributed by atoms with Crippen LogP contribution < -0.4 is 10.1 Å². The van der Waals surface area contributed by atoms with Crippen LogP contribution in [0.4, 0.5) is 0 Å². The highest BCUT2D eigenvalue weighted by atomic mass is 16.5. The third-order valence-electron chi connectivity index (χ3n) is 2.84. The highest BCUT2D eigenvalue weighted by Crippen LogP contribution is 2.10. The van der Waals surface area contributed by atoms with Crippen molar-refractivity contribution in [1.82, 2.24) is 15.3 Å². The predicted octanol–water partition coefficient (Wildman–Crippen LogP) is 1.85. The number of pyridine rings is 2. The van der Waals surface area contributed by atoms with Gasteiger partial charge in [0.15, 0.2) is 0 Å². The smallest absolute Gasteiger partial charge is 0.270 e. The van der Waals surface area contributed by atoms with E-state index in [0.717, 1.165) is 12.0 Å². The van der Waals surface area contributed by atoms with E-state index in [-0.39, 0.29) is 11.9 Å². The Bertz CT molecular complexity index is 572. The maximum atomic E-state index is 12.1. The molecular formula is C15H17N3O2. The standard InChI is InChI=1S/C15H17N3O2/c1-11(8-12-4-3-6-16-10-12)18-15(19)14-9-13(20-2)5-7-17-14/h3-7,9-11H,8H2,1-2H3,(H,18,19). The molecule has 2 rings (SSSR count). The normalized spacial score (nSPS) is 11.7. The van der Waals surface area contributed by atoms with Gasteiger partial charge in [-0.1, -0.05) is 6.07 Å². The number of nitrogens with one attached hydrogen (secondary N) is 1. The van der Waals surface area contributed by atoms with Gasteiger partial charge >= 0.3 is 0 Å². The van der Waals surface area contributed by atoms with Gasteiger partial charge in [0.1, 0.15) is 11.4 Å². The van der Waals surface area contributed by atoms with Crippen molar-refractivity contribution in [3.8, 4) is 5.75 Å². The van der Waals surface area contributed by atoms with Gasteiger partial charge in [-0.3, -0.25) is 14.8 Å². The minimum Gasteiger partial charge on any atom is -0.497 e. The molecule has 0 aliphatic rings. The molecule has 0 saturated heterocycles. The lowest BCUT2D eigenvalue weighted by molar-refractivity contribution is 0.0934. The first-order chi connectivity index (χ1) is 9.69. The van der Waals surface area contributed by atoms with E-state index in [1.165, 1.54) is 0 Å². The van der Waals surface area contributed by atoms with E-state index in [0.29, 0.717) is 11.4 Å². The summed E-state index contributed by atoms with van der Waals surface area (Å²) in [5, 5.41) is 2.91. The fourth-order valence-electron chi connectivity index (χ4n) is 1.88. The van der Waals surface area contributed by atoms with Crippen molar-refractivity contribution in [2.75, 3.05) is 7.11 Å². The summed E-state index contributed by atoms with van der Waals surface area (Å²) in [6, 6.07) is 7.19. The molecule has 0 bridgehead atoms. The second-order valence-electron chi connectivity index (χ2n) is 4.52. The third kappa shape index (κ3) is 3.78. The third-order valence-corrected chi connectivity index (χ3v) is 2.84. The molecule has 2 aromatic rings. The number of carbonyl (C=O) groups is 1. The van der Waals surface area contributed by atoms with Crippen molar-refractivity contribution < 1.29 is 9.53 Å². The van der Waals surface area contributed by atoms with E-state index in [2.05, 4.69) is 15.3 Å². The lowest BCUT2D eigenvalue weighted by atomic mass is 10.1. The average molecular weight is 271 g/mol. The SMILES string of the molecule is COc1ccnc(C(=O)NC(C)Cc2cccnc2)c1. The number of rotatable bonds is 5. The van der Waals surface area contributed by atoms with Crippen LogP contribution in [-0.2, 0) is 6.42 Å². The van der Waals surface area contributed by atoms with Gasteiger partial charge in [0, 0.05) is 30.7 Å². The molecule has 5 heteroatoms. The Morgan fingerprint density at radius 2 is 2.25 bits per heavy atom. The van der Waals surface area contributed by atoms with Crippen LogP contribution in [0.25, 0.3) is 0 Å². The summed E-state index contributed by atoms with van der Waals surface area (Å²) in [6.45, 7) is 1.95. The fraction of sp³-hybridized carbons (Fsp3) is 0.267. The Kier molecular flexibility index (Phi) is 4.65. The summed E-state index contributed by atoms with van der Waals surface area (Å²) in [7, 11) is 1.56. The molecule has 0 aliphatic carbocycles. The Hall–Kier alpha value is -2.43. The zero-order valence-electron chi connectivity index (χ0n) is 11.5. The topological polar surface area (TPSA) is 64.1 Å². The van der Waals surface area contributed by atoms with E-state index < -0.39 is 0 Å². The summed E-state index contributed by atoms with van der Waals surface area (Å²) in [6.07, 6.45) is 5.81. The molecule has 20 heavy (non-hydrogen) atoms. The molecule has 1 atom stereocenters. The first-order valence-corrected chi connectivity index (χ1v) is 6.39. The number of methoxy groups -OCH3 is 1. The monoisotopic (exact) mass is 271 g/mol. The molecule has 1 unspecified atom stereocenters. The van der Waals surface area contributed by atoms with E-state index in [1.54, 1.807) is 37.8 Å². The zero-order chi connectivity index (χ0) is 14.4. The van der Waals surface area contributed by atoms with Gasteiger partial charge < -0.3 is 10.1 Å². The maximum Gasteiger partial charge on any atom is 0.270 e. The number of hydrogen-bond acceptors (Lipinski definition) is 4. The number of ether oxygens (including phenoxy) is 1. The molecule has 0 aromatic carbocycles. The quantitative estimate of drug-likeness (QED) is 0.901. The largest absolute Gasteiger partial charge is 0.497 e. The van der Waals surface area contributed by atoms with Gasteiger partial charge in [-0.15, -0.1) is 0 Å². The fourth-order valence-corrected chi connectivity index (χ4v) is 1.88. The molecule has 0 aliphatic heterocycles. The Labute approximate surface area is 118 Å². The van der Waals surface area contributed by atoms with E-state index in [9.17, 15) is 4.79 Å². The van der Waals surface area contributed by atoms with Crippen LogP contribution in [0.2, 0.25) is 0 Å². The van der Waals surface area contributed by atoms with Gasteiger partial charge in [-0.25, -0.2) is 0 Å². The van der Waals surface area contributed by atoms with Gasteiger partial charge in [0.25, 0.3) is 5.91 Å². The van der Waals surface area contributed by atoms with Crippen LogP contribution >= 0.6 is 0 Å². The second-order valence-corrected chi connectivity index (χ2v) is 4.52. The molecule has 0 spiro atoms. The summed E-state index contributed by atoms with van der Waals surface area (Å²) >= 11 is 0. The van der Waals surface area contributed by atoms with Gasteiger partial charge in [-0.2, -0.15) is 0 Å². The Morgan fingerprint density at radius 1 is 1.40 bits per heavy atom. The number of hydrogen-bond donors (Lipinski definition) is 1. The van der Waals surface area contributed by atoms with Crippen molar-refractivity contribution in [1.29, 1.82) is 0 Å². The Balaban J connectivity index is 1.96. The van der Waals surface area contributed by atoms with Crippen molar-refractivity contribution in [2.45, 2.75) is 19.4 Å². The predicted molar refractivity (Wildman–Crippen MR) is 75.7 cm³/mol. The van der Waals surface area contributed by atoms with Crippen LogP contribution in [0.15, 0.2) is 42.9 Å².